The number of rotatable bonds is 6. The lowest BCUT2D eigenvalue weighted by Gasteiger charge is -2.26. The van der Waals surface area contributed by atoms with Crippen LogP contribution < -0.4 is 20.5 Å². The summed E-state index contributed by atoms with van der Waals surface area (Å²) in [7, 11) is 3.17. The van der Waals surface area contributed by atoms with E-state index in [2.05, 4.69) is 5.32 Å². The zero-order valence-electron chi connectivity index (χ0n) is 14.9. The van der Waals surface area contributed by atoms with Gasteiger partial charge in [-0.3, -0.25) is 4.79 Å². The van der Waals surface area contributed by atoms with Crippen LogP contribution in [0.1, 0.15) is 31.0 Å². The summed E-state index contributed by atoms with van der Waals surface area (Å²) in [5.74, 6) is 1.03. The van der Waals surface area contributed by atoms with Crippen molar-refractivity contribution >= 4 is 18.3 Å². The van der Waals surface area contributed by atoms with Crippen LogP contribution in [-0.4, -0.2) is 20.1 Å². The van der Waals surface area contributed by atoms with Crippen molar-refractivity contribution in [2.45, 2.75) is 25.4 Å². The van der Waals surface area contributed by atoms with E-state index < -0.39 is 5.54 Å². The number of benzene rings is 2. The first-order chi connectivity index (χ1) is 11.4. The van der Waals surface area contributed by atoms with Crippen LogP contribution in [0.3, 0.4) is 0 Å². The first-order valence-corrected chi connectivity index (χ1v) is 7.77. The molecule has 1 amide bonds. The minimum absolute atomic E-state index is 0. The molecule has 2 atom stereocenters. The van der Waals surface area contributed by atoms with E-state index in [1.807, 2.05) is 55.5 Å². The van der Waals surface area contributed by atoms with Crippen molar-refractivity contribution in [3.05, 3.63) is 59.7 Å². The molecule has 6 heteroatoms. The van der Waals surface area contributed by atoms with Gasteiger partial charge in [0.2, 0.25) is 5.91 Å². The molecule has 0 bridgehead atoms. The minimum Gasteiger partial charge on any atom is -0.493 e. The van der Waals surface area contributed by atoms with Gasteiger partial charge in [-0.05, 0) is 37.1 Å². The lowest BCUT2D eigenvalue weighted by molar-refractivity contribution is -0.126. The molecular formula is C19H25ClN2O3. The maximum absolute atomic E-state index is 12.6. The molecule has 2 aromatic carbocycles. The van der Waals surface area contributed by atoms with E-state index in [0.717, 1.165) is 11.1 Å². The molecule has 3 N–H and O–H groups in total. The van der Waals surface area contributed by atoms with Crippen LogP contribution >= 0.6 is 12.4 Å². The van der Waals surface area contributed by atoms with E-state index in [9.17, 15) is 4.79 Å². The number of methoxy groups -OCH3 is 2. The van der Waals surface area contributed by atoms with Crippen molar-refractivity contribution in [1.29, 1.82) is 0 Å². The number of nitrogens with two attached hydrogens (primary N) is 1. The lowest BCUT2D eigenvalue weighted by Crippen LogP contribution is -2.49. The number of halogens is 1. The van der Waals surface area contributed by atoms with Crippen molar-refractivity contribution in [2.75, 3.05) is 14.2 Å². The molecule has 0 heterocycles. The van der Waals surface area contributed by atoms with Crippen molar-refractivity contribution < 1.29 is 14.3 Å². The van der Waals surface area contributed by atoms with Crippen LogP contribution in [0.4, 0.5) is 0 Å². The lowest BCUT2D eigenvalue weighted by atomic mass is 9.91. The van der Waals surface area contributed by atoms with Crippen molar-refractivity contribution in [2.24, 2.45) is 5.73 Å². The van der Waals surface area contributed by atoms with Crippen LogP contribution in [-0.2, 0) is 10.3 Å². The Morgan fingerprint density at radius 3 is 2.24 bits per heavy atom. The summed E-state index contributed by atoms with van der Waals surface area (Å²) in [5.41, 5.74) is 6.82. The third-order valence-corrected chi connectivity index (χ3v) is 4.10. The Morgan fingerprint density at radius 2 is 1.68 bits per heavy atom. The summed E-state index contributed by atoms with van der Waals surface area (Å²) in [6.45, 7) is 3.61. The Balaban J connectivity index is 0.00000312. The fraction of sp³-hybridized carbons (Fsp3) is 0.316. The fourth-order valence-electron chi connectivity index (χ4n) is 2.47. The molecule has 5 nitrogen and oxygen atoms in total. The maximum Gasteiger partial charge on any atom is 0.244 e. The molecular weight excluding hydrogens is 340 g/mol. The van der Waals surface area contributed by atoms with Crippen LogP contribution in [0.25, 0.3) is 0 Å². The molecule has 0 saturated heterocycles. The smallest absolute Gasteiger partial charge is 0.244 e. The van der Waals surface area contributed by atoms with Gasteiger partial charge in [0.1, 0.15) is 5.54 Å². The normalized spacial score (nSPS) is 13.8. The molecule has 0 aliphatic carbocycles. The molecule has 2 aromatic rings. The van der Waals surface area contributed by atoms with E-state index in [1.165, 1.54) is 0 Å². The van der Waals surface area contributed by atoms with Gasteiger partial charge in [-0.15, -0.1) is 12.4 Å². The van der Waals surface area contributed by atoms with Gasteiger partial charge in [0.15, 0.2) is 11.5 Å². The maximum atomic E-state index is 12.6. The third kappa shape index (κ3) is 4.65. The molecule has 0 aliphatic rings. The molecule has 25 heavy (non-hydrogen) atoms. The summed E-state index contributed by atoms with van der Waals surface area (Å²) >= 11 is 0. The Bertz CT molecular complexity index is 705. The summed E-state index contributed by atoms with van der Waals surface area (Å²) < 4.78 is 10.5. The largest absolute Gasteiger partial charge is 0.493 e. The first-order valence-electron chi connectivity index (χ1n) is 7.77. The van der Waals surface area contributed by atoms with Gasteiger partial charge in [-0.25, -0.2) is 0 Å². The fourth-order valence-corrected chi connectivity index (χ4v) is 2.47. The highest BCUT2D eigenvalue weighted by Crippen LogP contribution is 2.30. The predicted molar refractivity (Wildman–Crippen MR) is 101 cm³/mol. The SMILES string of the molecule is COc1ccc(C(C)NC(=O)C(C)(N)c2ccccc2)cc1OC.Cl. The van der Waals surface area contributed by atoms with E-state index in [4.69, 9.17) is 15.2 Å². The molecule has 2 rings (SSSR count). The van der Waals surface area contributed by atoms with Crippen molar-refractivity contribution in [3.8, 4) is 11.5 Å². The Kier molecular flexibility index (Phi) is 7.27. The highest BCUT2D eigenvalue weighted by atomic mass is 35.5. The van der Waals surface area contributed by atoms with Gasteiger partial charge in [0.05, 0.1) is 20.3 Å². The second-order valence-electron chi connectivity index (χ2n) is 5.88. The summed E-state index contributed by atoms with van der Waals surface area (Å²) in [6.07, 6.45) is 0. The van der Waals surface area contributed by atoms with E-state index >= 15 is 0 Å². The zero-order chi connectivity index (χ0) is 17.7. The van der Waals surface area contributed by atoms with Crippen molar-refractivity contribution in [1.82, 2.24) is 5.32 Å². The topological polar surface area (TPSA) is 73.6 Å². The number of amides is 1. The molecule has 0 aromatic heterocycles. The number of carbonyl (C=O) groups is 1. The van der Waals surface area contributed by atoms with E-state index in [1.54, 1.807) is 21.1 Å². The molecule has 136 valence electrons. The monoisotopic (exact) mass is 364 g/mol. The number of nitrogens with one attached hydrogen (secondary N) is 1. The Labute approximate surface area is 154 Å². The predicted octanol–water partition coefficient (Wildman–Crippen LogP) is 3.18. The van der Waals surface area contributed by atoms with Crippen LogP contribution in [0.2, 0.25) is 0 Å². The van der Waals surface area contributed by atoms with Gasteiger partial charge in [0, 0.05) is 0 Å². The second kappa shape index (κ2) is 8.74. The molecule has 2 unspecified atom stereocenters. The number of hydrogen-bond acceptors (Lipinski definition) is 4. The van der Waals surface area contributed by atoms with E-state index in [0.29, 0.717) is 11.5 Å². The number of hydrogen-bond donors (Lipinski definition) is 2. The van der Waals surface area contributed by atoms with Crippen LogP contribution in [0.15, 0.2) is 48.5 Å². The second-order valence-corrected chi connectivity index (χ2v) is 5.88. The molecule has 0 fully saturated rings. The van der Waals surface area contributed by atoms with Gasteiger partial charge < -0.3 is 20.5 Å². The molecule has 0 radical (unpaired) electrons. The minimum atomic E-state index is -1.11. The summed E-state index contributed by atoms with van der Waals surface area (Å²) in [5, 5.41) is 2.96. The average molecular weight is 365 g/mol. The Morgan fingerprint density at radius 1 is 1.08 bits per heavy atom. The highest BCUT2D eigenvalue weighted by molar-refractivity contribution is 5.87. The molecule has 0 spiro atoms. The standard InChI is InChI=1S/C19H24N2O3.ClH/c1-13(14-10-11-16(23-3)17(12-14)24-4)21-18(22)19(2,20)15-8-6-5-7-9-15;/h5-13H,20H2,1-4H3,(H,21,22);1H. The molecule has 0 aliphatic heterocycles. The third-order valence-electron chi connectivity index (χ3n) is 4.10. The van der Waals surface area contributed by atoms with Crippen LogP contribution in [0, 0.1) is 0 Å². The van der Waals surface area contributed by atoms with E-state index in [-0.39, 0.29) is 24.4 Å². The highest BCUT2D eigenvalue weighted by Gasteiger charge is 2.31. The summed E-state index contributed by atoms with van der Waals surface area (Å²) in [6, 6.07) is 14.7. The number of ether oxygens (including phenoxy) is 2. The van der Waals surface area contributed by atoms with Gasteiger partial charge in [0.25, 0.3) is 0 Å². The first kappa shape index (κ1) is 20.8. The molecule has 0 saturated carbocycles. The average Bonchev–Trinajstić information content (AvgIpc) is 2.61. The van der Waals surface area contributed by atoms with Crippen LogP contribution in [0.5, 0.6) is 11.5 Å². The number of carbonyl (C=O) groups excluding carboxylic acids is 1. The van der Waals surface area contributed by atoms with Gasteiger partial charge >= 0.3 is 0 Å². The quantitative estimate of drug-likeness (QED) is 0.825. The zero-order valence-corrected chi connectivity index (χ0v) is 15.7. The van der Waals surface area contributed by atoms with Gasteiger partial charge in [-0.1, -0.05) is 36.4 Å². The van der Waals surface area contributed by atoms with Gasteiger partial charge in [-0.2, -0.15) is 0 Å². The summed E-state index contributed by atoms with van der Waals surface area (Å²) in [4.78, 5) is 12.6. The Hall–Kier alpha value is -2.24. The van der Waals surface area contributed by atoms with Crippen molar-refractivity contribution in [3.63, 3.8) is 0 Å².